The van der Waals surface area contributed by atoms with E-state index >= 15 is 0 Å². The Balaban J connectivity index is 2.04. The molecule has 0 aliphatic carbocycles. The van der Waals surface area contributed by atoms with Gasteiger partial charge in [-0.25, -0.2) is 14.2 Å². The summed E-state index contributed by atoms with van der Waals surface area (Å²) in [5.74, 6) is 0. The molecule has 2 rings (SSSR count). The molecule has 0 aromatic rings. The van der Waals surface area contributed by atoms with Crippen LogP contribution in [0.4, 0.5) is 9.59 Å². The lowest BCUT2D eigenvalue weighted by Gasteiger charge is -2.20. The summed E-state index contributed by atoms with van der Waals surface area (Å²) in [7, 11) is -3.66. The van der Waals surface area contributed by atoms with Gasteiger partial charge in [0.05, 0.1) is 13.7 Å². The molecular weight excluding hydrogens is 303 g/mol. The lowest BCUT2D eigenvalue weighted by Crippen LogP contribution is -2.38. The highest BCUT2D eigenvalue weighted by Crippen LogP contribution is 2.39. The minimum absolute atomic E-state index is 0.597. The Morgan fingerprint density at radius 2 is 2.10 bits per heavy atom. The first-order chi connectivity index (χ1) is 9.30. The van der Waals surface area contributed by atoms with Gasteiger partial charge in [-0.3, -0.25) is 4.52 Å². The molecule has 12 heteroatoms. The van der Waals surface area contributed by atoms with Crippen molar-refractivity contribution in [2.75, 3.05) is 13.7 Å². The van der Waals surface area contributed by atoms with Crippen LogP contribution in [-0.2, 0) is 32.8 Å². The largest absolute Gasteiger partial charge is 0.511 e. The van der Waals surface area contributed by atoms with Crippen molar-refractivity contribution >= 4 is 20.1 Å². The number of phosphoric ester groups is 1. The number of carbonyl (C=O) groups is 2. The summed E-state index contributed by atoms with van der Waals surface area (Å²) < 4.78 is 38.5. The van der Waals surface area contributed by atoms with Crippen LogP contribution < -0.4 is 0 Å². The molecule has 114 valence electrons. The summed E-state index contributed by atoms with van der Waals surface area (Å²) in [6, 6.07) is 0. The maximum atomic E-state index is 11.1. The fraction of sp³-hybridized carbons (Fsp3) is 0.750. The van der Waals surface area contributed by atoms with E-state index in [2.05, 4.69) is 14.0 Å². The van der Waals surface area contributed by atoms with E-state index in [1.165, 1.54) is 0 Å². The number of fused-ring (bicyclic) bond motifs is 1. The Morgan fingerprint density at radius 3 is 2.70 bits per heavy atom. The molecular formula is C8H11O11P. The van der Waals surface area contributed by atoms with Gasteiger partial charge in [0.15, 0.2) is 6.10 Å². The molecule has 0 aromatic carbocycles. The minimum Gasteiger partial charge on any atom is -0.438 e. The van der Waals surface area contributed by atoms with Crippen LogP contribution in [0.5, 0.6) is 0 Å². The van der Waals surface area contributed by atoms with Gasteiger partial charge in [0.1, 0.15) is 6.10 Å². The normalized spacial score (nSPS) is 32.2. The zero-order chi connectivity index (χ0) is 14.9. The molecule has 11 nitrogen and oxygen atoms in total. The number of rotatable bonds is 4. The van der Waals surface area contributed by atoms with Crippen molar-refractivity contribution < 1.29 is 52.1 Å². The number of methoxy groups -OCH3 is 1. The second-order valence-corrected chi connectivity index (χ2v) is 5.06. The van der Waals surface area contributed by atoms with E-state index in [4.69, 9.17) is 24.0 Å². The predicted molar refractivity (Wildman–Crippen MR) is 55.3 cm³/mol. The van der Waals surface area contributed by atoms with E-state index in [1.54, 1.807) is 0 Å². The standard InChI is InChI=1S/C8H11O11P/c1-14-7(9)17-4-3(2-15-20(11,12)13)16-6-5(4)18-8(10)19-6/h3-6H,2H2,1H3,(H2,11,12,13)/t3-,4-,5-,6-/m1/s1. The first-order valence-corrected chi connectivity index (χ1v) is 6.80. The molecule has 0 bridgehead atoms. The van der Waals surface area contributed by atoms with Gasteiger partial charge in [0.25, 0.3) is 0 Å². The van der Waals surface area contributed by atoms with Crippen molar-refractivity contribution in [1.82, 2.24) is 0 Å². The first kappa shape index (κ1) is 15.0. The number of carbonyl (C=O) groups excluding carboxylic acids is 2. The van der Waals surface area contributed by atoms with Gasteiger partial charge >= 0.3 is 20.1 Å². The van der Waals surface area contributed by atoms with Gasteiger partial charge in [-0.05, 0) is 0 Å². The van der Waals surface area contributed by atoms with Crippen LogP contribution in [0.3, 0.4) is 0 Å². The maximum Gasteiger partial charge on any atom is 0.511 e. The summed E-state index contributed by atoms with van der Waals surface area (Å²) >= 11 is 0. The van der Waals surface area contributed by atoms with E-state index in [9.17, 15) is 14.2 Å². The zero-order valence-electron chi connectivity index (χ0n) is 10.0. The average molecular weight is 314 g/mol. The number of hydrogen-bond acceptors (Lipinski definition) is 9. The molecule has 0 unspecified atom stereocenters. The third-order valence-electron chi connectivity index (χ3n) is 2.52. The lowest BCUT2D eigenvalue weighted by molar-refractivity contribution is -0.103. The van der Waals surface area contributed by atoms with Crippen LogP contribution >= 0.6 is 7.82 Å². The minimum atomic E-state index is -4.73. The zero-order valence-corrected chi connectivity index (χ0v) is 10.9. The second kappa shape index (κ2) is 5.54. The van der Waals surface area contributed by atoms with Crippen molar-refractivity contribution in [1.29, 1.82) is 0 Å². The van der Waals surface area contributed by atoms with E-state index in [1.807, 2.05) is 0 Å². The highest BCUT2D eigenvalue weighted by molar-refractivity contribution is 7.46. The molecule has 2 aliphatic rings. The molecule has 0 radical (unpaired) electrons. The maximum absolute atomic E-state index is 11.1. The van der Waals surface area contributed by atoms with Crippen molar-refractivity contribution in [2.24, 2.45) is 0 Å². The third kappa shape index (κ3) is 3.38. The van der Waals surface area contributed by atoms with Gasteiger partial charge in [-0.1, -0.05) is 0 Å². The Labute approximate surface area is 111 Å². The Kier molecular flexibility index (Phi) is 4.16. The SMILES string of the molecule is COC(=O)O[C@H]1[C@H]2OC(=O)O[C@H]2O[C@@H]1COP(=O)(O)O. The summed E-state index contributed by atoms with van der Waals surface area (Å²) in [5, 5.41) is 0. The molecule has 0 spiro atoms. The highest BCUT2D eigenvalue weighted by atomic mass is 31.2. The molecule has 2 fully saturated rings. The molecule has 20 heavy (non-hydrogen) atoms. The summed E-state index contributed by atoms with van der Waals surface area (Å²) in [4.78, 5) is 39.3. The first-order valence-electron chi connectivity index (χ1n) is 5.27. The molecule has 0 aromatic heterocycles. The van der Waals surface area contributed by atoms with Gasteiger partial charge in [0, 0.05) is 0 Å². The number of hydrogen-bond donors (Lipinski definition) is 2. The molecule has 0 amide bonds. The summed E-state index contributed by atoms with van der Waals surface area (Å²) in [6.45, 7) is -0.597. The van der Waals surface area contributed by atoms with E-state index < -0.39 is 51.3 Å². The monoisotopic (exact) mass is 314 g/mol. The topological polar surface area (TPSA) is 147 Å². The quantitative estimate of drug-likeness (QED) is 0.511. The van der Waals surface area contributed by atoms with Crippen LogP contribution in [0.2, 0.25) is 0 Å². The van der Waals surface area contributed by atoms with Crippen LogP contribution in [0.1, 0.15) is 0 Å². The van der Waals surface area contributed by atoms with Crippen molar-refractivity contribution in [3.05, 3.63) is 0 Å². The van der Waals surface area contributed by atoms with Crippen LogP contribution in [0.25, 0.3) is 0 Å². The molecule has 2 aliphatic heterocycles. The van der Waals surface area contributed by atoms with Crippen LogP contribution in [-0.4, -0.2) is 60.4 Å². The van der Waals surface area contributed by atoms with E-state index in [0.29, 0.717) is 0 Å². The van der Waals surface area contributed by atoms with Gasteiger partial charge in [-0.2, -0.15) is 0 Å². The van der Waals surface area contributed by atoms with Crippen molar-refractivity contribution in [3.63, 3.8) is 0 Å². The molecule has 4 atom stereocenters. The Morgan fingerprint density at radius 1 is 1.40 bits per heavy atom. The Hall–Kier alpha value is -1.39. The van der Waals surface area contributed by atoms with Gasteiger partial charge in [-0.15, -0.1) is 0 Å². The molecule has 2 N–H and O–H groups in total. The fourth-order valence-electron chi connectivity index (χ4n) is 1.75. The van der Waals surface area contributed by atoms with Crippen LogP contribution in [0.15, 0.2) is 0 Å². The average Bonchev–Trinajstić information content (AvgIpc) is 2.83. The van der Waals surface area contributed by atoms with Gasteiger partial charge < -0.3 is 33.5 Å². The van der Waals surface area contributed by atoms with E-state index in [0.717, 1.165) is 7.11 Å². The van der Waals surface area contributed by atoms with E-state index in [-0.39, 0.29) is 0 Å². The van der Waals surface area contributed by atoms with Crippen LogP contribution in [0, 0.1) is 0 Å². The highest BCUT2D eigenvalue weighted by Gasteiger charge is 2.56. The molecule has 2 heterocycles. The Bertz CT molecular complexity index is 444. The summed E-state index contributed by atoms with van der Waals surface area (Å²) in [5.41, 5.74) is 0. The van der Waals surface area contributed by atoms with Crippen molar-refractivity contribution in [2.45, 2.75) is 24.6 Å². The van der Waals surface area contributed by atoms with Gasteiger partial charge in [0.2, 0.25) is 12.4 Å². The fourth-order valence-corrected chi connectivity index (χ4v) is 2.09. The second-order valence-electron chi connectivity index (χ2n) is 3.82. The smallest absolute Gasteiger partial charge is 0.438 e. The number of phosphoric acid groups is 1. The summed E-state index contributed by atoms with van der Waals surface area (Å²) in [6.07, 6.45) is -6.57. The van der Waals surface area contributed by atoms with Crippen molar-refractivity contribution in [3.8, 4) is 0 Å². The number of ether oxygens (including phenoxy) is 5. The molecule has 0 saturated carbocycles. The third-order valence-corrected chi connectivity index (χ3v) is 3.00. The predicted octanol–water partition coefficient (Wildman–Crippen LogP) is -0.492. The lowest BCUT2D eigenvalue weighted by atomic mass is 10.1. The molecule has 2 saturated heterocycles.